The number of aliphatic hydroxyl groups is 2. The Kier molecular flexibility index (Phi) is 4.83. The Labute approximate surface area is 141 Å². The van der Waals surface area contributed by atoms with Gasteiger partial charge in [-0.15, -0.1) is 0 Å². The molecule has 0 fully saturated rings. The number of hydrogen-bond donors (Lipinski definition) is 2. The topological polar surface area (TPSA) is 67.5 Å². The highest BCUT2D eigenvalue weighted by molar-refractivity contribution is 5.75. The number of hydrogen-bond acceptors (Lipinski definition) is 4. The first-order valence-corrected chi connectivity index (χ1v) is 8.01. The van der Waals surface area contributed by atoms with Crippen LogP contribution in [0.2, 0.25) is 0 Å². The number of benzene rings is 2. The van der Waals surface area contributed by atoms with Crippen LogP contribution in [0.1, 0.15) is 17.0 Å². The second kappa shape index (κ2) is 7.03. The van der Waals surface area contributed by atoms with Crippen molar-refractivity contribution in [3.8, 4) is 5.75 Å². The van der Waals surface area contributed by atoms with E-state index in [1.165, 1.54) is 5.56 Å². The van der Waals surface area contributed by atoms with Crippen molar-refractivity contribution < 1.29 is 14.9 Å². The second-order valence-corrected chi connectivity index (χ2v) is 6.02. The van der Waals surface area contributed by atoms with Crippen molar-refractivity contribution in [1.82, 2.24) is 9.55 Å². The van der Waals surface area contributed by atoms with Gasteiger partial charge in [0, 0.05) is 0 Å². The van der Waals surface area contributed by atoms with Gasteiger partial charge in [0.15, 0.2) is 0 Å². The van der Waals surface area contributed by atoms with Crippen LogP contribution in [0.25, 0.3) is 11.0 Å². The number of imidazole rings is 1. The Bertz CT molecular complexity index is 842. The Morgan fingerprint density at radius 3 is 2.71 bits per heavy atom. The Morgan fingerprint density at radius 1 is 1.17 bits per heavy atom. The van der Waals surface area contributed by atoms with Crippen LogP contribution in [0.4, 0.5) is 0 Å². The Morgan fingerprint density at radius 2 is 1.96 bits per heavy atom. The molecule has 2 aromatic carbocycles. The van der Waals surface area contributed by atoms with Gasteiger partial charge in [-0.2, -0.15) is 0 Å². The SMILES string of the molecule is Cc1ccc(OCC(O)Cn2c(CO)nc3ccccc32)c(C)c1. The first kappa shape index (κ1) is 16.5. The summed E-state index contributed by atoms with van der Waals surface area (Å²) in [6.45, 7) is 4.36. The van der Waals surface area contributed by atoms with Crippen LogP contribution in [0.3, 0.4) is 0 Å². The zero-order valence-corrected chi connectivity index (χ0v) is 13.9. The summed E-state index contributed by atoms with van der Waals surface area (Å²) >= 11 is 0. The number of ether oxygens (including phenoxy) is 1. The second-order valence-electron chi connectivity index (χ2n) is 6.02. The van der Waals surface area contributed by atoms with Crippen molar-refractivity contribution in [2.45, 2.75) is 33.1 Å². The number of aromatic nitrogens is 2. The molecule has 0 saturated carbocycles. The molecular formula is C19H22N2O3. The van der Waals surface area contributed by atoms with Crippen LogP contribution in [0.5, 0.6) is 5.75 Å². The van der Waals surface area contributed by atoms with Gasteiger partial charge in [0.05, 0.1) is 17.6 Å². The number of nitrogens with zero attached hydrogens (tertiary/aromatic N) is 2. The molecule has 5 heteroatoms. The minimum Gasteiger partial charge on any atom is -0.491 e. The molecule has 0 bridgehead atoms. The lowest BCUT2D eigenvalue weighted by atomic mass is 10.1. The highest BCUT2D eigenvalue weighted by Crippen LogP contribution is 2.20. The minimum absolute atomic E-state index is 0.167. The van der Waals surface area contributed by atoms with E-state index in [2.05, 4.69) is 11.1 Å². The lowest BCUT2D eigenvalue weighted by Gasteiger charge is -2.16. The summed E-state index contributed by atoms with van der Waals surface area (Å²) in [5.74, 6) is 1.32. The van der Waals surface area contributed by atoms with Crippen LogP contribution in [0, 0.1) is 13.8 Å². The molecular weight excluding hydrogens is 304 g/mol. The normalized spacial score (nSPS) is 12.5. The van der Waals surface area contributed by atoms with Crippen molar-refractivity contribution in [3.05, 3.63) is 59.4 Å². The van der Waals surface area contributed by atoms with Gasteiger partial charge in [0.2, 0.25) is 0 Å². The van der Waals surface area contributed by atoms with Gasteiger partial charge in [0.1, 0.15) is 30.9 Å². The van der Waals surface area contributed by atoms with E-state index < -0.39 is 6.10 Å². The Hall–Kier alpha value is -2.37. The van der Waals surface area contributed by atoms with E-state index in [0.717, 1.165) is 22.3 Å². The Balaban J connectivity index is 1.72. The highest BCUT2D eigenvalue weighted by atomic mass is 16.5. The largest absolute Gasteiger partial charge is 0.491 e. The zero-order valence-electron chi connectivity index (χ0n) is 13.9. The number of aryl methyl sites for hydroxylation is 2. The van der Waals surface area contributed by atoms with Crippen LogP contribution < -0.4 is 4.74 Å². The quantitative estimate of drug-likeness (QED) is 0.731. The molecule has 0 aliphatic rings. The van der Waals surface area contributed by atoms with Crippen molar-refractivity contribution in [2.24, 2.45) is 0 Å². The molecule has 24 heavy (non-hydrogen) atoms. The molecule has 0 aliphatic heterocycles. The maximum atomic E-state index is 10.4. The summed E-state index contributed by atoms with van der Waals surface area (Å²) in [4.78, 5) is 4.39. The molecule has 1 unspecified atom stereocenters. The van der Waals surface area contributed by atoms with Crippen molar-refractivity contribution in [1.29, 1.82) is 0 Å². The van der Waals surface area contributed by atoms with E-state index in [0.29, 0.717) is 12.4 Å². The third kappa shape index (κ3) is 3.42. The summed E-state index contributed by atoms with van der Waals surface area (Å²) in [6, 6.07) is 13.6. The van der Waals surface area contributed by atoms with E-state index in [4.69, 9.17) is 4.74 Å². The maximum Gasteiger partial charge on any atom is 0.135 e. The van der Waals surface area contributed by atoms with Gasteiger partial charge in [-0.05, 0) is 37.6 Å². The van der Waals surface area contributed by atoms with Gasteiger partial charge >= 0.3 is 0 Å². The molecule has 3 rings (SSSR count). The number of rotatable bonds is 6. The molecule has 1 atom stereocenters. The van der Waals surface area contributed by atoms with E-state index in [-0.39, 0.29) is 13.2 Å². The fourth-order valence-corrected chi connectivity index (χ4v) is 2.86. The van der Waals surface area contributed by atoms with Gasteiger partial charge in [-0.25, -0.2) is 4.98 Å². The number of para-hydroxylation sites is 2. The monoisotopic (exact) mass is 326 g/mol. The fraction of sp³-hybridized carbons (Fsp3) is 0.316. The molecule has 1 heterocycles. The standard InChI is InChI=1S/C19H22N2O3/c1-13-7-8-18(14(2)9-13)24-12-15(23)10-21-17-6-4-3-5-16(17)20-19(21)11-22/h3-9,15,22-23H,10-12H2,1-2H3. The first-order chi connectivity index (χ1) is 11.6. The number of fused-ring (bicyclic) bond motifs is 1. The van der Waals surface area contributed by atoms with E-state index >= 15 is 0 Å². The molecule has 2 N–H and O–H groups in total. The van der Waals surface area contributed by atoms with E-state index in [1.807, 2.05) is 54.8 Å². The number of aliphatic hydroxyl groups excluding tert-OH is 2. The molecule has 1 aromatic heterocycles. The molecule has 126 valence electrons. The van der Waals surface area contributed by atoms with Crippen LogP contribution in [-0.2, 0) is 13.2 Å². The highest BCUT2D eigenvalue weighted by Gasteiger charge is 2.14. The lowest BCUT2D eigenvalue weighted by molar-refractivity contribution is 0.0911. The molecule has 0 spiro atoms. The summed E-state index contributed by atoms with van der Waals surface area (Å²) in [6.07, 6.45) is -0.700. The van der Waals surface area contributed by atoms with E-state index in [1.54, 1.807) is 0 Å². The average molecular weight is 326 g/mol. The van der Waals surface area contributed by atoms with Crippen LogP contribution in [-0.4, -0.2) is 32.5 Å². The van der Waals surface area contributed by atoms with Crippen LogP contribution in [0.15, 0.2) is 42.5 Å². The molecule has 0 saturated heterocycles. The minimum atomic E-state index is -0.700. The molecule has 3 aromatic rings. The van der Waals surface area contributed by atoms with Crippen molar-refractivity contribution >= 4 is 11.0 Å². The smallest absolute Gasteiger partial charge is 0.135 e. The van der Waals surface area contributed by atoms with Gasteiger partial charge in [0.25, 0.3) is 0 Å². The average Bonchev–Trinajstić information content (AvgIpc) is 2.92. The van der Waals surface area contributed by atoms with Gasteiger partial charge in [-0.3, -0.25) is 0 Å². The third-order valence-corrected chi connectivity index (χ3v) is 4.03. The molecule has 0 amide bonds. The zero-order chi connectivity index (χ0) is 17.1. The van der Waals surface area contributed by atoms with Gasteiger partial charge in [-0.1, -0.05) is 29.8 Å². The third-order valence-electron chi connectivity index (χ3n) is 4.03. The van der Waals surface area contributed by atoms with Crippen LogP contribution >= 0.6 is 0 Å². The van der Waals surface area contributed by atoms with E-state index in [9.17, 15) is 10.2 Å². The molecule has 5 nitrogen and oxygen atoms in total. The summed E-state index contributed by atoms with van der Waals surface area (Å²) in [5, 5.41) is 19.9. The molecule has 0 radical (unpaired) electrons. The van der Waals surface area contributed by atoms with Gasteiger partial charge < -0.3 is 19.5 Å². The molecule has 0 aliphatic carbocycles. The summed E-state index contributed by atoms with van der Waals surface area (Å²) in [5.41, 5.74) is 3.93. The maximum absolute atomic E-state index is 10.4. The lowest BCUT2D eigenvalue weighted by Crippen LogP contribution is -2.24. The fourth-order valence-electron chi connectivity index (χ4n) is 2.86. The summed E-state index contributed by atoms with van der Waals surface area (Å²) in [7, 11) is 0. The predicted octanol–water partition coefficient (Wildman–Crippen LogP) is 2.59. The summed E-state index contributed by atoms with van der Waals surface area (Å²) < 4.78 is 7.58. The first-order valence-electron chi connectivity index (χ1n) is 8.01. The van der Waals surface area contributed by atoms with Crippen molar-refractivity contribution in [2.75, 3.05) is 6.61 Å². The predicted molar refractivity (Wildman–Crippen MR) is 93.1 cm³/mol. The van der Waals surface area contributed by atoms with Crippen molar-refractivity contribution in [3.63, 3.8) is 0 Å².